The molecule has 2 rings (SSSR count). The number of amides is 1. The van der Waals surface area contributed by atoms with E-state index in [1.54, 1.807) is 30.3 Å². The molecule has 0 heterocycles. The topological polar surface area (TPSA) is 105 Å². The van der Waals surface area contributed by atoms with Gasteiger partial charge >= 0.3 is 0 Å². The number of nitro groups is 1. The summed E-state index contributed by atoms with van der Waals surface area (Å²) in [5.74, 6) is -0.479. The summed E-state index contributed by atoms with van der Waals surface area (Å²) >= 11 is 5.78. The van der Waals surface area contributed by atoms with Crippen LogP contribution in [-0.2, 0) is 4.79 Å². The molecule has 0 bridgehead atoms. The molecule has 0 atom stereocenters. The van der Waals surface area contributed by atoms with Crippen molar-refractivity contribution >= 4 is 35.0 Å². The Hall–Kier alpha value is -3.37. The average molecular weight is 358 g/mol. The molecule has 0 aliphatic heterocycles. The summed E-state index contributed by atoms with van der Waals surface area (Å²) < 4.78 is 4.93. The number of hydrogen-bond acceptors (Lipinski definition) is 5. The first-order chi connectivity index (χ1) is 11.9. The van der Waals surface area contributed by atoms with Crippen LogP contribution in [0.4, 0.5) is 11.4 Å². The first-order valence-corrected chi connectivity index (χ1v) is 7.33. The molecule has 0 fully saturated rings. The lowest BCUT2D eigenvalue weighted by Crippen LogP contribution is -2.14. The van der Waals surface area contributed by atoms with Crippen molar-refractivity contribution in [2.24, 2.45) is 0 Å². The molecule has 0 radical (unpaired) electrons. The summed E-state index contributed by atoms with van der Waals surface area (Å²) in [6, 6.07) is 12.3. The van der Waals surface area contributed by atoms with Crippen LogP contribution in [0.5, 0.6) is 5.75 Å². The molecule has 0 aliphatic rings. The van der Waals surface area contributed by atoms with Crippen molar-refractivity contribution in [3.63, 3.8) is 0 Å². The highest BCUT2D eigenvalue weighted by Crippen LogP contribution is 2.29. The smallest absolute Gasteiger partial charge is 0.296 e. The van der Waals surface area contributed by atoms with Gasteiger partial charge in [-0.25, -0.2) is 0 Å². The van der Waals surface area contributed by atoms with Gasteiger partial charge in [-0.1, -0.05) is 23.7 Å². The van der Waals surface area contributed by atoms with Gasteiger partial charge in [0.05, 0.1) is 18.1 Å². The molecule has 2 aromatic rings. The minimum Gasteiger partial charge on any atom is -0.496 e. The molecular weight excluding hydrogens is 346 g/mol. The zero-order chi connectivity index (χ0) is 18.4. The predicted octanol–water partition coefficient (Wildman–Crippen LogP) is 3.80. The van der Waals surface area contributed by atoms with Crippen molar-refractivity contribution in [3.05, 3.63) is 68.7 Å². The lowest BCUT2D eigenvalue weighted by atomic mass is 10.1. The van der Waals surface area contributed by atoms with Crippen molar-refractivity contribution in [2.45, 2.75) is 0 Å². The molecular formula is C17H12ClN3O4. The van der Waals surface area contributed by atoms with Gasteiger partial charge in [0.2, 0.25) is 0 Å². The minimum absolute atomic E-state index is 0.0342. The number of rotatable bonds is 5. The summed E-state index contributed by atoms with van der Waals surface area (Å²) in [7, 11) is 1.37. The highest BCUT2D eigenvalue weighted by atomic mass is 35.5. The monoisotopic (exact) mass is 357 g/mol. The van der Waals surface area contributed by atoms with Crippen LogP contribution in [0.15, 0.2) is 48.0 Å². The molecule has 1 amide bonds. The van der Waals surface area contributed by atoms with E-state index in [0.29, 0.717) is 10.6 Å². The summed E-state index contributed by atoms with van der Waals surface area (Å²) in [6.07, 6.45) is 1.36. The number of nitrogens with zero attached hydrogens (tertiary/aromatic N) is 2. The van der Waals surface area contributed by atoms with Gasteiger partial charge < -0.3 is 10.1 Å². The summed E-state index contributed by atoms with van der Waals surface area (Å²) in [5, 5.41) is 23.2. The number of benzene rings is 2. The maximum absolute atomic E-state index is 12.3. The van der Waals surface area contributed by atoms with E-state index in [0.717, 1.165) is 0 Å². The summed E-state index contributed by atoms with van der Waals surface area (Å²) in [4.78, 5) is 22.8. The second-order valence-electron chi connectivity index (χ2n) is 4.82. The van der Waals surface area contributed by atoms with E-state index in [-0.39, 0.29) is 22.7 Å². The first kappa shape index (κ1) is 18.0. The number of anilines is 1. The van der Waals surface area contributed by atoms with Crippen LogP contribution in [0.1, 0.15) is 5.56 Å². The van der Waals surface area contributed by atoms with E-state index < -0.39 is 10.8 Å². The highest BCUT2D eigenvalue weighted by Gasteiger charge is 2.19. The van der Waals surface area contributed by atoms with Gasteiger partial charge in [-0.15, -0.1) is 0 Å². The molecule has 126 valence electrons. The molecule has 25 heavy (non-hydrogen) atoms. The van der Waals surface area contributed by atoms with Gasteiger partial charge in [0.1, 0.15) is 23.1 Å². The second-order valence-corrected chi connectivity index (χ2v) is 5.25. The van der Waals surface area contributed by atoms with Crippen molar-refractivity contribution in [1.29, 1.82) is 5.26 Å². The van der Waals surface area contributed by atoms with Crippen LogP contribution in [-0.4, -0.2) is 17.9 Å². The molecule has 7 nitrogen and oxygen atoms in total. The fourth-order valence-corrected chi connectivity index (χ4v) is 2.09. The Balaban J connectivity index is 2.30. The fourth-order valence-electron chi connectivity index (χ4n) is 1.96. The molecule has 0 aromatic heterocycles. The molecule has 0 unspecified atom stereocenters. The van der Waals surface area contributed by atoms with E-state index in [1.165, 1.54) is 31.4 Å². The Bertz CT molecular complexity index is 886. The zero-order valence-corrected chi connectivity index (χ0v) is 13.8. The van der Waals surface area contributed by atoms with Crippen molar-refractivity contribution in [3.8, 4) is 11.8 Å². The van der Waals surface area contributed by atoms with Gasteiger partial charge in [0.15, 0.2) is 0 Å². The Morgan fingerprint density at radius 1 is 1.32 bits per heavy atom. The predicted molar refractivity (Wildman–Crippen MR) is 93.3 cm³/mol. The maximum Gasteiger partial charge on any atom is 0.296 e. The Morgan fingerprint density at radius 2 is 2.00 bits per heavy atom. The van der Waals surface area contributed by atoms with E-state index in [2.05, 4.69) is 5.32 Å². The van der Waals surface area contributed by atoms with Gasteiger partial charge in [-0.2, -0.15) is 5.26 Å². The average Bonchev–Trinajstić information content (AvgIpc) is 2.61. The standard InChI is InChI=1S/C17H12ClN3O4/c1-25-14-6-7-15(16(9-14)21(23)24)20-17(22)12(10-19)8-11-2-4-13(18)5-3-11/h2-9H,1H3,(H,20,22). The molecule has 2 aromatic carbocycles. The zero-order valence-electron chi connectivity index (χ0n) is 13.0. The van der Waals surface area contributed by atoms with E-state index in [4.69, 9.17) is 16.3 Å². The number of halogens is 1. The number of nitrogens with one attached hydrogen (secondary N) is 1. The fraction of sp³-hybridized carbons (Fsp3) is 0.0588. The Labute approximate surface area is 148 Å². The van der Waals surface area contributed by atoms with Crippen molar-refractivity contribution in [2.75, 3.05) is 12.4 Å². The Kier molecular flexibility index (Phi) is 5.71. The summed E-state index contributed by atoms with van der Waals surface area (Å²) in [6.45, 7) is 0. The molecule has 0 spiro atoms. The molecule has 0 saturated heterocycles. The number of nitriles is 1. The van der Waals surface area contributed by atoms with Crippen LogP contribution in [0.25, 0.3) is 6.08 Å². The number of methoxy groups -OCH3 is 1. The quantitative estimate of drug-likeness (QED) is 0.379. The van der Waals surface area contributed by atoms with Gasteiger partial charge in [0.25, 0.3) is 11.6 Å². The SMILES string of the molecule is COc1ccc(NC(=O)C(C#N)=Cc2ccc(Cl)cc2)c([N+](=O)[O-])c1. The Morgan fingerprint density at radius 3 is 2.56 bits per heavy atom. The van der Waals surface area contributed by atoms with Gasteiger partial charge in [-0.05, 0) is 35.9 Å². The van der Waals surface area contributed by atoms with E-state index >= 15 is 0 Å². The summed E-state index contributed by atoms with van der Waals surface area (Å²) in [5.41, 5.74) is 0.0253. The maximum atomic E-state index is 12.3. The molecule has 8 heteroatoms. The largest absolute Gasteiger partial charge is 0.496 e. The van der Waals surface area contributed by atoms with Crippen LogP contribution < -0.4 is 10.1 Å². The molecule has 0 saturated carbocycles. The normalized spacial score (nSPS) is 10.7. The number of nitro benzene ring substituents is 1. The number of carbonyl (C=O) groups excluding carboxylic acids is 1. The third kappa shape index (κ3) is 4.56. The minimum atomic E-state index is -0.759. The van der Waals surface area contributed by atoms with Gasteiger partial charge in [0, 0.05) is 5.02 Å². The molecule has 1 N–H and O–H groups in total. The van der Waals surface area contributed by atoms with Crippen molar-refractivity contribution < 1.29 is 14.5 Å². The third-order valence-electron chi connectivity index (χ3n) is 3.20. The lowest BCUT2D eigenvalue weighted by Gasteiger charge is -2.07. The number of carbonyl (C=O) groups is 1. The van der Waals surface area contributed by atoms with E-state index in [9.17, 15) is 20.2 Å². The number of hydrogen-bond donors (Lipinski definition) is 1. The van der Waals surface area contributed by atoms with Crippen LogP contribution in [0.2, 0.25) is 5.02 Å². The van der Waals surface area contributed by atoms with Crippen molar-refractivity contribution in [1.82, 2.24) is 0 Å². The van der Waals surface area contributed by atoms with E-state index in [1.807, 2.05) is 0 Å². The lowest BCUT2D eigenvalue weighted by molar-refractivity contribution is -0.384. The second kappa shape index (κ2) is 7.95. The van der Waals surface area contributed by atoms with Crippen LogP contribution in [0.3, 0.4) is 0 Å². The highest BCUT2D eigenvalue weighted by molar-refractivity contribution is 6.30. The number of ether oxygens (including phenoxy) is 1. The van der Waals surface area contributed by atoms with Crippen LogP contribution >= 0.6 is 11.6 Å². The first-order valence-electron chi connectivity index (χ1n) is 6.95. The van der Waals surface area contributed by atoms with Gasteiger partial charge in [-0.3, -0.25) is 14.9 Å². The molecule has 0 aliphatic carbocycles. The third-order valence-corrected chi connectivity index (χ3v) is 3.45. The van der Waals surface area contributed by atoms with Crippen LogP contribution in [0, 0.1) is 21.4 Å².